The van der Waals surface area contributed by atoms with Crippen LogP contribution in [0.3, 0.4) is 0 Å². The molecule has 1 amide bonds. The van der Waals surface area contributed by atoms with Crippen molar-refractivity contribution in [2.45, 2.75) is 0 Å². The minimum Gasteiger partial charge on any atom is -0.464 e. The summed E-state index contributed by atoms with van der Waals surface area (Å²) in [5.41, 5.74) is 0.143. The molecule has 23 heavy (non-hydrogen) atoms. The molecule has 0 spiro atoms. The zero-order valence-electron chi connectivity index (χ0n) is 12.2. The van der Waals surface area contributed by atoms with Gasteiger partial charge in [-0.3, -0.25) is 19.6 Å². The van der Waals surface area contributed by atoms with Crippen molar-refractivity contribution in [1.82, 2.24) is 9.78 Å². The van der Waals surface area contributed by atoms with Crippen LogP contribution in [0, 0.1) is 10.1 Å². The van der Waals surface area contributed by atoms with Crippen LogP contribution in [0.25, 0.3) is 6.08 Å². The lowest BCUT2D eigenvalue weighted by Gasteiger charge is -2.00. The molecule has 120 valence electrons. The molecule has 10 heteroatoms. The number of hydrogen-bond acceptors (Lipinski definition) is 7. The highest BCUT2D eigenvalue weighted by Crippen LogP contribution is 2.17. The Morgan fingerprint density at radius 1 is 1.48 bits per heavy atom. The number of rotatable bonds is 5. The number of carbonyl (C=O) groups excluding carboxylic acids is 2. The van der Waals surface area contributed by atoms with E-state index in [4.69, 9.17) is 4.42 Å². The van der Waals surface area contributed by atoms with Crippen molar-refractivity contribution in [3.8, 4) is 0 Å². The molecule has 2 aromatic heterocycles. The Hall–Kier alpha value is -3.43. The first kappa shape index (κ1) is 15.9. The zero-order chi connectivity index (χ0) is 17.0. The molecular weight excluding hydrogens is 308 g/mol. The lowest BCUT2D eigenvalue weighted by atomic mass is 10.3. The van der Waals surface area contributed by atoms with Crippen molar-refractivity contribution in [2.24, 2.45) is 7.05 Å². The number of anilines is 1. The molecule has 2 heterocycles. The first-order chi connectivity index (χ1) is 10.9. The number of nitrogens with one attached hydrogen (secondary N) is 1. The van der Waals surface area contributed by atoms with Crippen molar-refractivity contribution < 1.29 is 23.7 Å². The zero-order valence-corrected chi connectivity index (χ0v) is 12.2. The normalized spacial score (nSPS) is 10.7. The Morgan fingerprint density at radius 2 is 2.22 bits per heavy atom. The Bertz CT molecular complexity index is 788. The third-order valence-electron chi connectivity index (χ3n) is 2.66. The maximum atomic E-state index is 11.8. The van der Waals surface area contributed by atoms with E-state index in [-0.39, 0.29) is 17.1 Å². The fraction of sp³-hybridized carbons (Fsp3) is 0.154. The molecule has 0 radical (unpaired) electrons. The first-order valence-electron chi connectivity index (χ1n) is 6.26. The number of furan rings is 1. The summed E-state index contributed by atoms with van der Waals surface area (Å²) < 4.78 is 10.8. The van der Waals surface area contributed by atoms with E-state index in [9.17, 15) is 19.7 Å². The average Bonchev–Trinajstić information content (AvgIpc) is 3.11. The van der Waals surface area contributed by atoms with Crippen molar-refractivity contribution in [1.29, 1.82) is 0 Å². The van der Waals surface area contributed by atoms with Gasteiger partial charge in [-0.2, -0.15) is 5.10 Å². The monoisotopic (exact) mass is 320 g/mol. The number of aromatic nitrogens is 2. The van der Waals surface area contributed by atoms with E-state index >= 15 is 0 Å². The number of nitro groups is 1. The molecule has 0 aromatic carbocycles. The van der Waals surface area contributed by atoms with Crippen LogP contribution in [0.2, 0.25) is 0 Å². The highest BCUT2D eigenvalue weighted by Gasteiger charge is 2.17. The van der Waals surface area contributed by atoms with E-state index in [1.165, 1.54) is 36.2 Å². The Kier molecular flexibility index (Phi) is 4.55. The highest BCUT2D eigenvalue weighted by molar-refractivity contribution is 6.05. The number of methoxy groups -OCH3 is 1. The van der Waals surface area contributed by atoms with Gasteiger partial charge in [-0.25, -0.2) is 4.79 Å². The number of carbonyl (C=O) groups is 2. The summed E-state index contributed by atoms with van der Waals surface area (Å²) in [6, 6.07) is 2.53. The fourth-order valence-electron chi connectivity index (χ4n) is 1.69. The molecule has 0 atom stereocenters. The molecule has 0 fully saturated rings. The van der Waals surface area contributed by atoms with Gasteiger partial charge in [0.05, 0.1) is 18.9 Å². The van der Waals surface area contributed by atoms with E-state index in [2.05, 4.69) is 15.2 Å². The third kappa shape index (κ3) is 3.81. The van der Waals surface area contributed by atoms with Crippen LogP contribution in [0.15, 0.2) is 28.8 Å². The smallest absolute Gasteiger partial charge is 0.433 e. The molecule has 1 N–H and O–H groups in total. The van der Waals surface area contributed by atoms with Crippen molar-refractivity contribution in [3.05, 3.63) is 46.0 Å². The summed E-state index contributed by atoms with van der Waals surface area (Å²) in [6.07, 6.45) is 3.81. The van der Waals surface area contributed by atoms with Crippen molar-refractivity contribution in [3.63, 3.8) is 0 Å². The van der Waals surface area contributed by atoms with Crippen LogP contribution in [0.1, 0.15) is 16.2 Å². The SMILES string of the molecule is COC(=O)c1nn(C)cc1NC(=O)/C=C/c1ccc([N+](=O)[O-])o1. The van der Waals surface area contributed by atoms with Crippen LogP contribution in [0.4, 0.5) is 11.6 Å². The van der Waals surface area contributed by atoms with Gasteiger partial charge in [-0.15, -0.1) is 0 Å². The molecule has 10 nitrogen and oxygen atoms in total. The van der Waals surface area contributed by atoms with Gasteiger partial charge < -0.3 is 14.5 Å². The molecular formula is C13H12N4O6. The summed E-state index contributed by atoms with van der Waals surface area (Å²) in [7, 11) is 2.78. The van der Waals surface area contributed by atoms with Crippen LogP contribution < -0.4 is 5.32 Å². The minimum atomic E-state index is -0.688. The number of nitrogens with zero attached hydrogens (tertiary/aromatic N) is 3. The molecule has 0 bridgehead atoms. The van der Waals surface area contributed by atoms with Gasteiger partial charge in [0.2, 0.25) is 5.91 Å². The van der Waals surface area contributed by atoms with Crippen LogP contribution in [0.5, 0.6) is 0 Å². The molecule has 2 aromatic rings. The van der Waals surface area contributed by atoms with Gasteiger partial charge in [0.1, 0.15) is 10.7 Å². The number of amides is 1. The lowest BCUT2D eigenvalue weighted by Crippen LogP contribution is -2.12. The Labute approximate surface area is 129 Å². The number of aryl methyl sites for hydroxylation is 1. The summed E-state index contributed by atoms with van der Waals surface area (Å²) in [5.74, 6) is -1.54. The maximum absolute atomic E-state index is 11.8. The van der Waals surface area contributed by atoms with E-state index in [1.54, 1.807) is 7.05 Å². The predicted molar refractivity (Wildman–Crippen MR) is 77.6 cm³/mol. The minimum absolute atomic E-state index is 0.0367. The molecule has 0 aliphatic heterocycles. The van der Waals surface area contributed by atoms with Gasteiger partial charge in [0.25, 0.3) is 0 Å². The molecule has 2 rings (SSSR count). The second-order valence-corrected chi connectivity index (χ2v) is 4.31. The number of hydrogen-bond donors (Lipinski definition) is 1. The largest absolute Gasteiger partial charge is 0.464 e. The summed E-state index contributed by atoms with van der Waals surface area (Å²) >= 11 is 0. The topological polar surface area (TPSA) is 130 Å². The van der Waals surface area contributed by atoms with E-state index < -0.39 is 22.7 Å². The molecule has 0 unspecified atom stereocenters. The Balaban J connectivity index is 2.08. The third-order valence-corrected chi connectivity index (χ3v) is 2.66. The average molecular weight is 320 g/mol. The van der Waals surface area contributed by atoms with Gasteiger partial charge in [0, 0.05) is 19.3 Å². The van der Waals surface area contributed by atoms with E-state index in [0.717, 1.165) is 6.08 Å². The number of esters is 1. The predicted octanol–water partition coefficient (Wildman–Crippen LogP) is 1.36. The fourth-order valence-corrected chi connectivity index (χ4v) is 1.69. The quantitative estimate of drug-likeness (QED) is 0.381. The van der Waals surface area contributed by atoms with Gasteiger partial charge in [-0.1, -0.05) is 0 Å². The standard InChI is InChI=1S/C13H12N4O6/c1-16-7-9(12(15-16)13(19)22-2)14-10(18)5-3-8-4-6-11(23-8)17(20)21/h3-7H,1-2H3,(H,14,18)/b5-3+. The van der Waals surface area contributed by atoms with Crippen LogP contribution >= 0.6 is 0 Å². The Morgan fingerprint density at radius 3 is 2.83 bits per heavy atom. The highest BCUT2D eigenvalue weighted by atomic mass is 16.6. The second kappa shape index (κ2) is 6.56. The molecule has 0 aliphatic carbocycles. The first-order valence-corrected chi connectivity index (χ1v) is 6.26. The van der Waals surface area contributed by atoms with E-state index in [1.807, 2.05) is 0 Å². The van der Waals surface area contributed by atoms with Gasteiger partial charge >= 0.3 is 11.9 Å². The number of ether oxygens (including phenoxy) is 1. The van der Waals surface area contributed by atoms with Crippen LogP contribution in [-0.2, 0) is 16.6 Å². The molecule has 0 aliphatic rings. The van der Waals surface area contributed by atoms with Crippen LogP contribution in [-0.4, -0.2) is 33.7 Å². The molecule has 0 saturated heterocycles. The molecule has 0 saturated carbocycles. The van der Waals surface area contributed by atoms with Gasteiger partial charge in [-0.05, 0) is 12.1 Å². The summed E-state index contributed by atoms with van der Waals surface area (Å²) in [4.78, 5) is 33.2. The van der Waals surface area contributed by atoms with Gasteiger partial charge in [0.15, 0.2) is 5.69 Å². The van der Waals surface area contributed by atoms with E-state index in [0.29, 0.717) is 0 Å². The van der Waals surface area contributed by atoms with Crippen molar-refractivity contribution in [2.75, 3.05) is 12.4 Å². The summed E-state index contributed by atoms with van der Waals surface area (Å²) in [6.45, 7) is 0. The summed E-state index contributed by atoms with van der Waals surface area (Å²) in [5, 5.41) is 16.8. The maximum Gasteiger partial charge on any atom is 0.433 e. The lowest BCUT2D eigenvalue weighted by molar-refractivity contribution is -0.402. The van der Waals surface area contributed by atoms with Crippen molar-refractivity contribution >= 4 is 29.5 Å². The second-order valence-electron chi connectivity index (χ2n) is 4.31.